The number of carboxylic acid groups (broad SMARTS) is 1. The van der Waals surface area contributed by atoms with Gasteiger partial charge in [0.15, 0.2) is 5.16 Å². The molecule has 1 amide bonds. The van der Waals surface area contributed by atoms with E-state index in [-0.39, 0.29) is 28.2 Å². The van der Waals surface area contributed by atoms with Crippen LogP contribution >= 0.6 is 23.1 Å². The fourth-order valence-corrected chi connectivity index (χ4v) is 7.13. The molecule has 2 aromatic rings. The van der Waals surface area contributed by atoms with E-state index in [0.717, 1.165) is 56.5 Å². The number of thioether (sulfide) groups is 1. The summed E-state index contributed by atoms with van der Waals surface area (Å²) in [5, 5.41) is 19.6. The summed E-state index contributed by atoms with van der Waals surface area (Å²) in [4.78, 5) is 29.2. The normalized spacial score (nSPS) is 24.2. The van der Waals surface area contributed by atoms with Crippen molar-refractivity contribution in [3.05, 3.63) is 22.1 Å². The van der Waals surface area contributed by atoms with Crippen molar-refractivity contribution >= 4 is 40.7 Å². The number of amides is 1. The number of aryl methyl sites for hydroxylation is 1. The van der Waals surface area contributed by atoms with Crippen LogP contribution in [0.1, 0.15) is 93.6 Å². The van der Waals surface area contributed by atoms with E-state index < -0.39 is 5.97 Å². The number of aromatic carboxylic acids is 1. The third kappa shape index (κ3) is 6.97. The molecule has 2 aliphatic rings. The minimum absolute atomic E-state index is 0.0145. The van der Waals surface area contributed by atoms with Gasteiger partial charge in [-0.2, -0.15) is 0 Å². The van der Waals surface area contributed by atoms with Gasteiger partial charge in [-0.05, 0) is 84.1 Å². The Labute approximate surface area is 228 Å². The van der Waals surface area contributed by atoms with Crippen molar-refractivity contribution in [1.82, 2.24) is 14.8 Å². The van der Waals surface area contributed by atoms with E-state index in [2.05, 4.69) is 29.0 Å². The van der Waals surface area contributed by atoms with Gasteiger partial charge in [0.1, 0.15) is 11.2 Å². The standard InChI is InChI=1S/C28H38N4O3S2/c1-18-6-8-19(9-7-18)25(33)32(20-10-12-21(13-11-20)37-27-30-29-17-31(27)5)23-16-22(14-15-28(2,3)4)36-24(23)26(34)35/h16-21H,6-13H2,1-5H3,(H,34,35)/t18?,19?,20-,21+. The first-order valence-electron chi connectivity index (χ1n) is 13.3. The Balaban J connectivity index is 1.62. The molecule has 0 saturated heterocycles. The van der Waals surface area contributed by atoms with Gasteiger partial charge in [0.25, 0.3) is 0 Å². The Morgan fingerprint density at radius 1 is 1.14 bits per heavy atom. The van der Waals surface area contributed by atoms with E-state index in [4.69, 9.17) is 0 Å². The summed E-state index contributed by atoms with van der Waals surface area (Å²) in [6.45, 7) is 8.34. The predicted molar refractivity (Wildman–Crippen MR) is 149 cm³/mol. The second-order valence-corrected chi connectivity index (χ2v) is 13.9. The molecule has 2 aromatic heterocycles. The quantitative estimate of drug-likeness (QED) is 0.435. The highest BCUT2D eigenvalue weighted by atomic mass is 32.2. The van der Waals surface area contributed by atoms with Gasteiger partial charge in [-0.3, -0.25) is 4.79 Å². The molecule has 4 rings (SSSR count). The number of thiophene rings is 1. The lowest BCUT2D eigenvalue weighted by molar-refractivity contribution is -0.124. The first-order chi connectivity index (χ1) is 17.5. The highest BCUT2D eigenvalue weighted by Crippen LogP contribution is 2.41. The molecule has 0 aliphatic heterocycles. The van der Waals surface area contributed by atoms with E-state index in [0.29, 0.717) is 21.7 Å². The van der Waals surface area contributed by atoms with E-state index in [1.807, 2.05) is 43.4 Å². The number of nitrogens with zero attached hydrogens (tertiary/aromatic N) is 4. The van der Waals surface area contributed by atoms with Gasteiger partial charge in [0.2, 0.25) is 5.91 Å². The topological polar surface area (TPSA) is 88.3 Å². The molecule has 2 heterocycles. The second kappa shape index (κ2) is 11.6. The smallest absolute Gasteiger partial charge is 0.348 e. The van der Waals surface area contributed by atoms with Gasteiger partial charge < -0.3 is 14.6 Å². The molecule has 0 atom stereocenters. The monoisotopic (exact) mass is 542 g/mol. The number of hydrogen-bond acceptors (Lipinski definition) is 6. The lowest BCUT2D eigenvalue weighted by Gasteiger charge is -2.39. The van der Waals surface area contributed by atoms with Gasteiger partial charge in [0.05, 0.1) is 10.6 Å². The number of anilines is 1. The zero-order chi connectivity index (χ0) is 26.7. The average Bonchev–Trinajstić information content (AvgIpc) is 3.45. The number of rotatable bonds is 6. The van der Waals surface area contributed by atoms with E-state index in [1.165, 1.54) is 11.3 Å². The lowest BCUT2D eigenvalue weighted by Crippen LogP contribution is -2.46. The van der Waals surface area contributed by atoms with Crippen molar-refractivity contribution in [2.45, 2.75) is 95.5 Å². The molecule has 0 radical (unpaired) electrons. The zero-order valence-electron chi connectivity index (χ0n) is 22.5. The van der Waals surface area contributed by atoms with Crippen LogP contribution in [0.5, 0.6) is 0 Å². The van der Waals surface area contributed by atoms with Crippen LogP contribution in [0.2, 0.25) is 0 Å². The molecule has 2 fully saturated rings. The van der Waals surface area contributed by atoms with Crippen LogP contribution in [0, 0.1) is 29.1 Å². The summed E-state index contributed by atoms with van der Waals surface area (Å²) >= 11 is 2.92. The summed E-state index contributed by atoms with van der Waals surface area (Å²) < 4.78 is 1.93. The fraction of sp³-hybridized carbons (Fsp3) is 0.643. The minimum Gasteiger partial charge on any atom is -0.477 e. The molecule has 0 aromatic carbocycles. The van der Waals surface area contributed by atoms with Crippen LogP contribution in [-0.2, 0) is 11.8 Å². The minimum atomic E-state index is -0.995. The zero-order valence-corrected chi connectivity index (χ0v) is 24.1. The second-order valence-electron chi connectivity index (χ2n) is 11.6. The molecule has 200 valence electrons. The molecular weight excluding hydrogens is 504 g/mol. The maximum Gasteiger partial charge on any atom is 0.348 e. The van der Waals surface area contributed by atoms with Crippen LogP contribution in [-0.4, -0.2) is 43.0 Å². The number of carboxylic acids is 1. The Hall–Kier alpha value is -2.31. The SMILES string of the molecule is CC1CCC(C(=O)N(c2cc(C#CC(C)(C)C)sc2C(=O)O)[C@H]2CC[C@@H](Sc3nncn3C)CC2)CC1. The highest BCUT2D eigenvalue weighted by Gasteiger charge is 2.37. The summed E-state index contributed by atoms with van der Waals surface area (Å²) in [6.07, 6.45) is 9.10. The molecule has 0 bridgehead atoms. The summed E-state index contributed by atoms with van der Waals surface area (Å²) in [5.41, 5.74) is 0.337. The van der Waals surface area contributed by atoms with Crippen LogP contribution in [0.15, 0.2) is 17.6 Å². The molecular formula is C28H38N4O3S2. The molecule has 7 nitrogen and oxygen atoms in total. The summed E-state index contributed by atoms with van der Waals surface area (Å²) in [6, 6.07) is 1.83. The van der Waals surface area contributed by atoms with Gasteiger partial charge in [0, 0.05) is 29.7 Å². The van der Waals surface area contributed by atoms with Gasteiger partial charge in [-0.15, -0.1) is 21.5 Å². The molecule has 0 unspecified atom stereocenters. The van der Waals surface area contributed by atoms with Crippen molar-refractivity contribution < 1.29 is 14.7 Å². The molecule has 2 aliphatic carbocycles. The Morgan fingerprint density at radius 3 is 2.38 bits per heavy atom. The first kappa shape index (κ1) is 27.7. The van der Waals surface area contributed by atoms with Gasteiger partial charge in [-0.1, -0.05) is 30.5 Å². The highest BCUT2D eigenvalue weighted by molar-refractivity contribution is 7.99. The molecule has 1 N–H and O–H groups in total. The van der Waals surface area contributed by atoms with Gasteiger partial charge in [-0.25, -0.2) is 4.79 Å². The van der Waals surface area contributed by atoms with E-state index in [9.17, 15) is 14.7 Å². The third-order valence-electron chi connectivity index (χ3n) is 7.28. The first-order valence-corrected chi connectivity index (χ1v) is 15.0. The number of aromatic nitrogens is 3. The van der Waals surface area contributed by atoms with E-state index in [1.54, 1.807) is 18.1 Å². The summed E-state index contributed by atoms with van der Waals surface area (Å²) in [5.74, 6) is 6.07. The van der Waals surface area contributed by atoms with Crippen LogP contribution < -0.4 is 4.90 Å². The lowest BCUT2D eigenvalue weighted by atomic mass is 9.81. The maximum atomic E-state index is 14.1. The number of carbonyl (C=O) groups excluding carboxylic acids is 1. The molecule has 9 heteroatoms. The van der Waals surface area contributed by atoms with Crippen LogP contribution in [0.25, 0.3) is 0 Å². The Kier molecular flexibility index (Phi) is 8.70. The Bertz CT molecular complexity index is 1170. The van der Waals surface area contributed by atoms with Crippen LogP contribution in [0.4, 0.5) is 5.69 Å². The van der Waals surface area contributed by atoms with E-state index >= 15 is 0 Å². The largest absolute Gasteiger partial charge is 0.477 e. The number of carbonyl (C=O) groups is 2. The molecule has 0 spiro atoms. The number of hydrogen-bond donors (Lipinski definition) is 1. The van der Waals surface area contributed by atoms with Crippen molar-refractivity contribution in [3.63, 3.8) is 0 Å². The van der Waals surface area contributed by atoms with Crippen molar-refractivity contribution in [3.8, 4) is 11.8 Å². The molecule has 2 saturated carbocycles. The predicted octanol–water partition coefficient (Wildman–Crippen LogP) is 6.24. The fourth-order valence-electron chi connectivity index (χ4n) is 5.17. The summed E-state index contributed by atoms with van der Waals surface area (Å²) in [7, 11) is 1.95. The van der Waals surface area contributed by atoms with Crippen molar-refractivity contribution in [1.29, 1.82) is 0 Å². The van der Waals surface area contributed by atoms with Crippen molar-refractivity contribution in [2.24, 2.45) is 24.3 Å². The van der Waals surface area contributed by atoms with Crippen molar-refractivity contribution in [2.75, 3.05) is 4.90 Å². The van der Waals surface area contributed by atoms with Crippen LogP contribution in [0.3, 0.4) is 0 Å². The molecule has 37 heavy (non-hydrogen) atoms. The third-order valence-corrected chi connectivity index (χ3v) is 9.69. The maximum absolute atomic E-state index is 14.1. The average molecular weight is 543 g/mol. The van der Waals surface area contributed by atoms with Gasteiger partial charge >= 0.3 is 5.97 Å². The Morgan fingerprint density at radius 2 is 1.81 bits per heavy atom.